The second-order valence-electron chi connectivity index (χ2n) is 7.87. The van der Waals surface area contributed by atoms with Crippen molar-refractivity contribution in [3.05, 3.63) is 35.7 Å². The van der Waals surface area contributed by atoms with Crippen LogP contribution < -0.4 is 9.47 Å². The van der Waals surface area contributed by atoms with Crippen molar-refractivity contribution in [3.8, 4) is 11.5 Å². The van der Waals surface area contributed by atoms with E-state index in [4.69, 9.17) is 14.2 Å². The van der Waals surface area contributed by atoms with Crippen LogP contribution in [0.25, 0.3) is 0 Å². The number of rotatable bonds is 7. The average Bonchev–Trinajstić information content (AvgIpc) is 3.36. The number of hydrogen-bond donors (Lipinski definition) is 0. The minimum Gasteiger partial charge on any atom is -0.486 e. The lowest BCUT2D eigenvalue weighted by Crippen LogP contribution is -2.42. The van der Waals surface area contributed by atoms with Crippen LogP contribution in [0.3, 0.4) is 0 Å². The Kier molecular flexibility index (Phi) is 6.53. The largest absolute Gasteiger partial charge is 0.486 e. The minimum absolute atomic E-state index is 0.0458. The first kappa shape index (κ1) is 21.1. The molecule has 4 rings (SSSR count). The Labute approximate surface area is 181 Å². The smallest absolute Gasteiger partial charge is 0.232 e. The number of para-hydroxylation sites is 2. The first-order valence-electron chi connectivity index (χ1n) is 10.4. The molecule has 1 aromatic carbocycles. The highest BCUT2D eigenvalue weighted by Crippen LogP contribution is 2.31. The van der Waals surface area contributed by atoms with E-state index in [9.17, 15) is 4.79 Å². The molecular weight excluding hydrogens is 402 g/mol. The SMILES string of the molecule is Cc1nc(SCC(=O)N(C)CC2COc3ccccc3O2)n(CC2CCCO2)c1C. The predicted molar refractivity (Wildman–Crippen MR) is 115 cm³/mol. The monoisotopic (exact) mass is 431 g/mol. The highest BCUT2D eigenvalue weighted by Gasteiger charge is 2.25. The third-order valence-corrected chi connectivity index (χ3v) is 6.59. The first-order chi connectivity index (χ1) is 14.5. The van der Waals surface area contributed by atoms with E-state index in [-0.39, 0.29) is 18.1 Å². The number of carbonyl (C=O) groups is 1. The van der Waals surface area contributed by atoms with Crippen molar-refractivity contribution in [1.29, 1.82) is 0 Å². The third-order valence-electron chi connectivity index (χ3n) is 5.63. The molecule has 2 aliphatic rings. The number of aromatic nitrogens is 2. The van der Waals surface area contributed by atoms with E-state index in [1.54, 1.807) is 4.90 Å². The summed E-state index contributed by atoms with van der Waals surface area (Å²) >= 11 is 1.49. The van der Waals surface area contributed by atoms with Gasteiger partial charge in [0.25, 0.3) is 0 Å². The fourth-order valence-corrected chi connectivity index (χ4v) is 4.78. The van der Waals surface area contributed by atoms with Crippen molar-refractivity contribution in [2.24, 2.45) is 0 Å². The van der Waals surface area contributed by atoms with Gasteiger partial charge in [0.2, 0.25) is 5.91 Å². The molecule has 0 radical (unpaired) electrons. The van der Waals surface area contributed by atoms with E-state index in [1.807, 2.05) is 38.2 Å². The van der Waals surface area contributed by atoms with Crippen molar-refractivity contribution in [2.45, 2.75) is 50.6 Å². The molecule has 0 N–H and O–H groups in total. The molecule has 1 fully saturated rings. The quantitative estimate of drug-likeness (QED) is 0.628. The standard InChI is InChI=1S/C22H29N3O4S/c1-15-16(2)25(12-17-7-6-10-27-17)22(23-15)30-14-21(26)24(3)11-18-13-28-19-8-4-5-9-20(19)29-18/h4-5,8-9,17-18H,6-7,10-14H2,1-3H3. The van der Waals surface area contributed by atoms with Crippen molar-refractivity contribution < 1.29 is 19.0 Å². The molecule has 0 spiro atoms. The van der Waals surface area contributed by atoms with E-state index in [2.05, 4.69) is 16.5 Å². The van der Waals surface area contributed by atoms with E-state index < -0.39 is 0 Å². The van der Waals surface area contributed by atoms with E-state index in [0.717, 1.165) is 54.0 Å². The second-order valence-corrected chi connectivity index (χ2v) is 8.81. The van der Waals surface area contributed by atoms with Crippen LogP contribution in [0.4, 0.5) is 0 Å². The summed E-state index contributed by atoms with van der Waals surface area (Å²) < 4.78 is 19.7. The van der Waals surface area contributed by atoms with E-state index in [0.29, 0.717) is 18.9 Å². The molecule has 2 aromatic rings. The van der Waals surface area contributed by atoms with Gasteiger partial charge in [-0.15, -0.1) is 0 Å². The molecule has 0 saturated carbocycles. The van der Waals surface area contributed by atoms with E-state index >= 15 is 0 Å². The number of carbonyl (C=O) groups excluding carboxylic acids is 1. The van der Waals surface area contributed by atoms with Crippen LogP contribution in [0, 0.1) is 13.8 Å². The van der Waals surface area contributed by atoms with Gasteiger partial charge in [-0.25, -0.2) is 4.98 Å². The Hall–Kier alpha value is -2.19. The molecule has 0 bridgehead atoms. The lowest BCUT2D eigenvalue weighted by molar-refractivity contribution is -0.128. The zero-order valence-electron chi connectivity index (χ0n) is 17.8. The number of nitrogens with zero attached hydrogens (tertiary/aromatic N) is 3. The van der Waals surface area contributed by atoms with Crippen molar-refractivity contribution in [2.75, 3.05) is 32.6 Å². The third kappa shape index (κ3) is 4.75. The summed E-state index contributed by atoms with van der Waals surface area (Å²) in [4.78, 5) is 19.1. The highest BCUT2D eigenvalue weighted by atomic mass is 32.2. The maximum absolute atomic E-state index is 12.7. The summed E-state index contributed by atoms with van der Waals surface area (Å²) in [6.07, 6.45) is 2.25. The number of ether oxygens (including phenoxy) is 3. The molecule has 2 aliphatic heterocycles. The van der Waals surface area contributed by atoms with Gasteiger partial charge in [-0.05, 0) is 38.8 Å². The van der Waals surface area contributed by atoms with Gasteiger partial charge in [-0.2, -0.15) is 0 Å². The summed E-state index contributed by atoms with van der Waals surface area (Å²) in [6, 6.07) is 7.61. The fourth-order valence-electron chi connectivity index (χ4n) is 3.74. The van der Waals surface area contributed by atoms with Gasteiger partial charge >= 0.3 is 0 Å². The number of imidazole rings is 1. The molecule has 3 heterocycles. The molecule has 2 unspecified atom stereocenters. The zero-order valence-corrected chi connectivity index (χ0v) is 18.6. The minimum atomic E-state index is -0.176. The lowest BCUT2D eigenvalue weighted by Gasteiger charge is -2.29. The Morgan fingerprint density at radius 1 is 1.27 bits per heavy atom. The Balaban J connectivity index is 1.32. The number of likely N-dealkylation sites (N-methyl/N-ethyl adjacent to an activating group) is 1. The molecule has 2 atom stereocenters. The molecule has 30 heavy (non-hydrogen) atoms. The number of fused-ring (bicyclic) bond motifs is 1. The number of hydrogen-bond acceptors (Lipinski definition) is 6. The van der Waals surface area contributed by atoms with Crippen LogP contribution in [-0.4, -0.2) is 65.1 Å². The number of amides is 1. The second kappa shape index (κ2) is 9.31. The predicted octanol–water partition coefficient (Wildman–Crippen LogP) is 3.07. The molecule has 162 valence electrons. The van der Waals surface area contributed by atoms with Gasteiger partial charge in [0, 0.05) is 19.3 Å². The Morgan fingerprint density at radius 2 is 2.07 bits per heavy atom. The summed E-state index contributed by atoms with van der Waals surface area (Å²) in [5.41, 5.74) is 2.14. The van der Waals surface area contributed by atoms with Crippen LogP contribution in [0.2, 0.25) is 0 Å². The zero-order chi connectivity index (χ0) is 21.1. The molecular formula is C22H29N3O4S. The summed E-state index contributed by atoms with van der Waals surface area (Å²) in [6.45, 7) is 6.64. The molecule has 7 nitrogen and oxygen atoms in total. The molecule has 8 heteroatoms. The Bertz CT molecular complexity index is 895. The highest BCUT2D eigenvalue weighted by molar-refractivity contribution is 7.99. The maximum atomic E-state index is 12.7. The number of aryl methyl sites for hydroxylation is 1. The topological polar surface area (TPSA) is 65.8 Å². The fraction of sp³-hybridized carbons (Fsp3) is 0.545. The van der Waals surface area contributed by atoms with Gasteiger partial charge in [0.1, 0.15) is 6.61 Å². The summed E-state index contributed by atoms with van der Waals surface area (Å²) in [5.74, 6) is 1.86. The van der Waals surface area contributed by atoms with E-state index in [1.165, 1.54) is 11.8 Å². The van der Waals surface area contributed by atoms with Crippen LogP contribution in [0.1, 0.15) is 24.2 Å². The van der Waals surface area contributed by atoms with Crippen molar-refractivity contribution >= 4 is 17.7 Å². The first-order valence-corrected chi connectivity index (χ1v) is 11.4. The normalized spacial score (nSPS) is 20.4. The molecule has 1 aromatic heterocycles. The number of thioether (sulfide) groups is 1. The molecule has 1 amide bonds. The van der Waals surface area contributed by atoms with Crippen LogP contribution in [0.15, 0.2) is 29.4 Å². The van der Waals surface area contributed by atoms with Crippen LogP contribution in [-0.2, 0) is 16.1 Å². The molecule has 1 saturated heterocycles. The average molecular weight is 432 g/mol. The molecule has 0 aliphatic carbocycles. The van der Waals surface area contributed by atoms with Crippen LogP contribution in [0.5, 0.6) is 11.5 Å². The van der Waals surface area contributed by atoms with Gasteiger partial charge in [-0.1, -0.05) is 23.9 Å². The summed E-state index contributed by atoms with van der Waals surface area (Å²) in [7, 11) is 1.81. The van der Waals surface area contributed by atoms with Gasteiger partial charge in [-0.3, -0.25) is 4.79 Å². The van der Waals surface area contributed by atoms with Gasteiger partial charge in [0.15, 0.2) is 22.8 Å². The van der Waals surface area contributed by atoms with Gasteiger partial charge < -0.3 is 23.7 Å². The van der Waals surface area contributed by atoms with Gasteiger partial charge in [0.05, 0.1) is 30.6 Å². The van der Waals surface area contributed by atoms with Crippen LogP contribution >= 0.6 is 11.8 Å². The lowest BCUT2D eigenvalue weighted by atomic mass is 10.2. The maximum Gasteiger partial charge on any atom is 0.232 e. The van der Waals surface area contributed by atoms with Crippen molar-refractivity contribution in [3.63, 3.8) is 0 Å². The summed E-state index contributed by atoms with van der Waals surface area (Å²) in [5, 5.41) is 0.883. The Morgan fingerprint density at radius 3 is 2.83 bits per heavy atom. The number of benzene rings is 1. The van der Waals surface area contributed by atoms with Crippen molar-refractivity contribution in [1.82, 2.24) is 14.5 Å².